The number of carbonyl (C=O) groups is 1. The van der Waals surface area contributed by atoms with Gasteiger partial charge in [0, 0.05) is 0 Å². The summed E-state index contributed by atoms with van der Waals surface area (Å²) in [6.07, 6.45) is 7.19. The van der Waals surface area contributed by atoms with Crippen LogP contribution in [0.3, 0.4) is 0 Å². The van der Waals surface area contributed by atoms with E-state index in [1.54, 1.807) is 25.2 Å². The van der Waals surface area contributed by atoms with Crippen molar-refractivity contribution < 1.29 is 9.90 Å². The third-order valence-electron chi connectivity index (χ3n) is 2.51. The molecule has 1 N–H and O–H groups in total. The fraction of sp³-hybridized carbons (Fsp3) is 0.533. The molecule has 0 aliphatic heterocycles. The Labute approximate surface area is 105 Å². The van der Waals surface area contributed by atoms with Gasteiger partial charge in [-0.05, 0) is 59.1 Å². The molecule has 0 spiro atoms. The zero-order valence-corrected chi connectivity index (χ0v) is 11.4. The average molecular weight is 236 g/mol. The highest BCUT2D eigenvalue weighted by molar-refractivity contribution is 5.99. The Hall–Kier alpha value is -1.15. The molecule has 2 nitrogen and oxygen atoms in total. The van der Waals surface area contributed by atoms with Crippen LogP contribution in [-0.2, 0) is 4.79 Å². The topological polar surface area (TPSA) is 37.3 Å². The number of hydrogen-bond acceptors (Lipinski definition) is 2. The van der Waals surface area contributed by atoms with Gasteiger partial charge in [-0.15, -0.1) is 6.58 Å². The summed E-state index contributed by atoms with van der Waals surface area (Å²) in [6, 6.07) is 0. The van der Waals surface area contributed by atoms with E-state index in [9.17, 15) is 9.90 Å². The van der Waals surface area contributed by atoms with E-state index in [0.717, 1.165) is 24.0 Å². The molecule has 0 aromatic heterocycles. The third kappa shape index (κ3) is 8.64. The monoisotopic (exact) mass is 236 g/mol. The second-order valence-corrected chi connectivity index (χ2v) is 5.03. The lowest BCUT2D eigenvalue weighted by Gasteiger charge is -2.17. The highest BCUT2D eigenvalue weighted by Gasteiger charge is 2.13. The van der Waals surface area contributed by atoms with Gasteiger partial charge in [-0.2, -0.15) is 0 Å². The highest BCUT2D eigenvalue weighted by Crippen LogP contribution is 2.17. The molecule has 0 aliphatic carbocycles. The van der Waals surface area contributed by atoms with Crippen LogP contribution in [-0.4, -0.2) is 16.5 Å². The summed E-state index contributed by atoms with van der Waals surface area (Å²) in [5.74, 6) is 0.0398. The first kappa shape index (κ1) is 15.9. The van der Waals surface area contributed by atoms with Crippen molar-refractivity contribution in [3.8, 4) is 0 Å². The Morgan fingerprint density at radius 2 is 1.88 bits per heavy atom. The molecule has 0 fully saturated rings. The lowest BCUT2D eigenvalue weighted by atomic mass is 9.97. The number of rotatable bonds is 7. The van der Waals surface area contributed by atoms with Crippen molar-refractivity contribution in [2.75, 3.05) is 0 Å². The zero-order chi connectivity index (χ0) is 13.5. The predicted octanol–water partition coefficient (Wildman–Crippen LogP) is 3.58. The summed E-state index contributed by atoms with van der Waals surface area (Å²) >= 11 is 0. The number of carbonyl (C=O) groups excluding carboxylic acids is 1. The molecule has 0 saturated heterocycles. The molecule has 0 rings (SSSR count). The minimum atomic E-state index is -0.801. The number of ketones is 1. The van der Waals surface area contributed by atoms with E-state index in [-0.39, 0.29) is 5.78 Å². The number of hydrogen-bond donors (Lipinski definition) is 1. The molecule has 0 heterocycles. The minimum Gasteiger partial charge on any atom is -0.386 e. The summed E-state index contributed by atoms with van der Waals surface area (Å²) in [5.41, 5.74) is 1.26. The van der Waals surface area contributed by atoms with Gasteiger partial charge in [-0.3, -0.25) is 4.79 Å². The highest BCUT2D eigenvalue weighted by atomic mass is 16.3. The Balaban J connectivity index is 4.15. The van der Waals surface area contributed by atoms with E-state index < -0.39 is 5.60 Å². The minimum absolute atomic E-state index is 0.0398. The van der Waals surface area contributed by atoms with Gasteiger partial charge < -0.3 is 5.11 Å². The summed E-state index contributed by atoms with van der Waals surface area (Å²) in [5, 5.41) is 9.72. The maximum absolute atomic E-state index is 11.5. The molecule has 2 heteroatoms. The van der Waals surface area contributed by atoms with E-state index in [0.29, 0.717) is 6.42 Å². The molecule has 0 aliphatic rings. The van der Waals surface area contributed by atoms with Crippen LogP contribution in [0.15, 0.2) is 36.0 Å². The molecule has 0 amide bonds. The lowest BCUT2D eigenvalue weighted by molar-refractivity contribution is -0.110. The van der Waals surface area contributed by atoms with Gasteiger partial charge in [0.25, 0.3) is 0 Å². The Kier molecular flexibility index (Phi) is 6.74. The third-order valence-corrected chi connectivity index (χ3v) is 2.51. The zero-order valence-electron chi connectivity index (χ0n) is 11.4. The molecule has 0 bridgehead atoms. The Morgan fingerprint density at radius 1 is 1.29 bits per heavy atom. The van der Waals surface area contributed by atoms with E-state index in [4.69, 9.17) is 0 Å². The van der Waals surface area contributed by atoms with Crippen LogP contribution in [0.1, 0.15) is 47.0 Å². The van der Waals surface area contributed by atoms with E-state index in [1.165, 1.54) is 0 Å². The standard InChI is InChI=1S/C15H24O2/c1-6-15(5,17)9-7-8-13(4)11-14(16)10-12(2)3/h6,10-11,17H,1,7-9H2,2-5H3/b13-11+/t15-/m0/s1. The quantitative estimate of drug-likeness (QED) is 0.542. The van der Waals surface area contributed by atoms with Crippen molar-refractivity contribution in [2.45, 2.75) is 52.6 Å². The molecule has 0 saturated carbocycles. The van der Waals surface area contributed by atoms with Crippen molar-refractivity contribution in [3.05, 3.63) is 36.0 Å². The number of allylic oxidation sites excluding steroid dienone is 4. The Morgan fingerprint density at radius 3 is 2.35 bits per heavy atom. The average Bonchev–Trinajstić information content (AvgIpc) is 2.15. The predicted molar refractivity (Wildman–Crippen MR) is 72.9 cm³/mol. The van der Waals surface area contributed by atoms with E-state index >= 15 is 0 Å². The van der Waals surface area contributed by atoms with Gasteiger partial charge in [0.1, 0.15) is 0 Å². The first-order chi connectivity index (χ1) is 7.76. The van der Waals surface area contributed by atoms with Gasteiger partial charge in [-0.1, -0.05) is 17.2 Å². The van der Waals surface area contributed by atoms with Crippen molar-refractivity contribution in [3.63, 3.8) is 0 Å². The fourth-order valence-corrected chi connectivity index (χ4v) is 1.47. The smallest absolute Gasteiger partial charge is 0.178 e. The molecular formula is C15H24O2. The summed E-state index contributed by atoms with van der Waals surface area (Å²) < 4.78 is 0. The van der Waals surface area contributed by atoms with Crippen molar-refractivity contribution in [1.82, 2.24) is 0 Å². The molecule has 17 heavy (non-hydrogen) atoms. The van der Waals surface area contributed by atoms with E-state index in [2.05, 4.69) is 6.58 Å². The first-order valence-electron chi connectivity index (χ1n) is 5.99. The Bertz CT molecular complexity index is 329. The molecule has 0 aromatic carbocycles. The second-order valence-electron chi connectivity index (χ2n) is 5.03. The van der Waals surface area contributed by atoms with E-state index in [1.807, 2.05) is 20.8 Å². The van der Waals surface area contributed by atoms with Gasteiger partial charge in [0.15, 0.2) is 5.78 Å². The lowest BCUT2D eigenvalue weighted by Crippen LogP contribution is -2.19. The number of aliphatic hydroxyl groups is 1. The second kappa shape index (κ2) is 7.23. The maximum atomic E-state index is 11.5. The first-order valence-corrected chi connectivity index (χ1v) is 5.99. The van der Waals surface area contributed by atoms with Crippen molar-refractivity contribution in [2.24, 2.45) is 0 Å². The van der Waals surface area contributed by atoms with Crippen LogP contribution < -0.4 is 0 Å². The van der Waals surface area contributed by atoms with Crippen LogP contribution in [0.5, 0.6) is 0 Å². The maximum Gasteiger partial charge on any atom is 0.178 e. The van der Waals surface area contributed by atoms with Crippen LogP contribution in [0.25, 0.3) is 0 Å². The van der Waals surface area contributed by atoms with Crippen molar-refractivity contribution >= 4 is 5.78 Å². The van der Waals surface area contributed by atoms with Crippen LogP contribution in [0.2, 0.25) is 0 Å². The molecule has 0 aromatic rings. The molecule has 0 radical (unpaired) electrons. The molecule has 96 valence electrons. The molecule has 1 atom stereocenters. The normalized spacial score (nSPS) is 15.0. The van der Waals surface area contributed by atoms with Crippen LogP contribution in [0, 0.1) is 0 Å². The molecule has 0 unspecified atom stereocenters. The van der Waals surface area contributed by atoms with Gasteiger partial charge in [0.2, 0.25) is 0 Å². The summed E-state index contributed by atoms with van der Waals surface area (Å²) in [6.45, 7) is 11.1. The van der Waals surface area contributed by atoms with Crippen LogP contribution in [0.4, 0.5) is 0 Å². The van der Waals surface area contributed by atoms with Gasteiger partial charge in [-0.25, -0.2) is 0 Å². The summed E-state index contributed by atoms with van der Waals surface area (Å²) in [4.78, 5) is 11.5. The largest absolute Gasteiger partial charge is 0.386 e. The fourth-order valence-electron chi connectivity index (χ4n) is 1.47. The van der Waals surface area contributed by atoms with Crippen LogP contribution >= 0.6 is 0 Å². The molecular weight excluding hydrogens is 212 g/mol. The SMILES string of the molecule is C=C[C@](C)(O)CCC/C(C)=C/C(=O)C=C(C)C. The van der Waals surface area contributed by atoms with Gasteiger partial charge >= 0.3 is 0 Å². The van der Waals surface area contributed by atoms with Gasteiger partial charge in [0.05, 0.1) is 5.60 Å². The summed E-state index contributed by atoms with van der Waals surface area (Å²) in [7, 11) is 0. The van der Waals surface area contributed by atoms with Crippen molar-refractivity contribution in [1.29, 1.82) is 0 Å².